The summed E-state index contributed by atoms with van der Waals surface area (Å²) in [7, 11) is 0. The molecule has 1 amide bonds. The number of hydrogen-bond acceptors (Lipinski definition) is 4. The van der Waals surface area contributed by atoms with E-state index in [1.807, 2.05) is 12.1 Å². The van der Waals surface area contributed by atoms with Gasteiger partial charge in [0.15, 0.2) is 5.76 Å². The van der Waals surface area contributed by atoms with E-state index in [-0.39, 0.29) is 23.6 Å². The highest BCUT2D eigenvalue weighted by molar-refractivity contribution is 5.92. The molecule has 26 heavy (non-hydrogen) atoms. The zero-order chi connectivity index (χ0) is 18.8. The fourth-order valence-corrected chi connectivity index (χ4v) is 3.01. The molecule has 3 rings (SSSR count). The number of rotatable bonds is 4. The Hall–Kier alpha value is -2.11. The first-order chi connectivity index (χ1) is 12.3. The van der Waals surface area contributed by atoms with Crippen molar-refractivity contribution in [3.8, 4) is 11.3 Å². The summed E-state index contributed by atoms with van der Waals surface area (Å²) in [5, 5.41) is 13.2. The van der Waals surface area contributed by atoms with Crippen LogP contribution in [0.1, 0.15) is 49.7 Å². The van der Waals surface area contributed by atoms with Crippen LogP contribution in [-0.4, -0.2) is 36.4 Å². The SMILES string of the molecule is CC(C)(C)c1ccc(-c2ccc(C(=O)NCC3(O)CCOCC3)o2)cc1. The fraction of sp³-hybridized carbons (Fsp3) is 0.476. The first-order valence-electron chi connectivity index (χ1n) is 9.06. The Morgan fingerprint density at radius 2 is 1.77 bits per heavy atom. The van der Waals surface area contributed by atoms with E-state index in [2.05, 4.69) is 38.2 Å². The van der Waals surface area contributed by atoms with Crippen LogP contribution in [0, 0.1) is 0 Å². The van der Waals surface area contributed by atoms with Gasteiger partial charge in [-0.2, -0.15) is 0 Å². The Morgan fingerprint density at radius 1 is 1.12 bits per heavy atom. The molecule has 0 aliphatic carbocycles. The second-order valence-corrected chi connectivity index (χ2v) is 8.01. The van der Waals surface area contributed by atoms with Crippen LogP contribution in [0.3, 0.4) is 0 Å². The summed E-state index contributed by atoms with van der Waals surface area (Å²) in [4.78, 5) is 12.3. The summed E-state index contributed by atoms with van der Waals surface area (Å²) in [6.45, 7) is 7.74. The molecule has 1 saturated heterocycles. The van der Waals surface area contributed by atoms with Crippen LogP contribution in [0.4, 0.5) is 0 Å². The normalized spacial score (nSPS) is 17.1. The van der Waals surface area contributed by atoms with Crippen molar-refractivity contribution in [2.24, 2.45) is 0 Å². The molecular formula is C21H27NO4. The predicted molar refractivity (Wildman–Crippen MR) is 100 cm³/mol. The highest BCUT2D eigenvalue weighted by Gasteiger charge is 2.30. The predicted octanol–water partition coefficient (Wildman–Crippen LogP) is 3.52. The zero-order valence-electron chi connectivity index (χ0n) is 15.7. The number of carbonyl (C=O) groups excluding carboxylic acids is 1. The van der Waals surface area contributed by atoms with Crippen molar-refractivity contribution in [3.63, 3.8) is 0 Å². The lowest BCUT2D eigenvalue weighted by Gasteiger charge is -2.31. The Kier molecular flexibility index (Phi) is 5.21. The number of benzene rings is 1. The van der Waals surface area contributed by atoms with E-state index in [1.54, 1.807) is 12.1 Å². The third kappa shape index (κ3) is 4.34. The van der Waals surface area contributed by atoms with E-state index in [9.17, 15) is 9.90 Å². The molecule has 0 unspecified atom stereocenters. The lowest BCUT2D eigenvalue weighted by Crippen LogP contribution is -2.46. The van der Waals surface area contributed by atoms with Gasteiger partial charge in [0.05, 0.1) is 5.60 Å². The van der Waals surface area contributed by atoms with Crippen LogP contribution in [0.5, 0.6) is 0 Å². The number of amides is 1. The maximum atomic E-state index is 12.3. The average molecular weight is 357 g/mol. The van der Waals surface area contributed by atoms with Gasteiger partial charge in [0.25, 0.3) is 5.91 Å². The minimum Gasteiger partial charge on any atom is -0.451 e. The third-order valence-corrected chi connectivity index (χ3v) is 4.87. The van der Waals surface area contributed by atoms with Crippen molar-refractivity contribution in [1.29, 1.82) is 0 Å². The van der Waals surface area contributed by atoms with E-state index in [0.717, 1.165) is 5.56 Å². The van der Waals surface area contributed by atoms with E-state index < -0.39 is 5.60 Å². The summed E-state index contributed by atoms with van der Waals surface area (Å²) in [5.41, 5.74) is 1.37. The number of ether oxygens (including phenoxy) is 1. The van der Waals surface area contributed by atoms with Gasteiger partial charge in [-0.25, -0.2) is 0 Å². The molecule has 1 fully saturated rings. The molecule has 2 N–H and O–H groups in total. The highest BCUT2D eigenvalue weighted by Crippen LogP contribution is 2.27. The Balaban J connectivity index is 1.64. The molecule has 0 bridgehead atoms. The topological polar surface area (TPSA) is 71.7 Å². The second-order valence-electron chi connectivity index (χ2n) is 8.01. The van der Waals surface area contributed by atoms with Gasteiger partial charge >= 0.3 is 0 Å². The van der Waals surface area contributed by atoms with E-state index in [4.69, 9.17) is 9.15 Å². The van der Waals surface area contributed by atoms with Crippen molar-refractivity contribution in [1.82, 2.24) is 5.32 Å². The summed E-state index contributed by atoms with van der Waals surface area (Å²) >= 11 is 0. The average Bonchev–Trinajstić information content (AvgIpc) is 3.10. The minimum atomic E-state index is -0.897. The fourth-order valence-electron chi connectivity index (χ4n) is 3.01. The molecule has 1 aliphatic rings. The van der Waals surface area contributed by atoms with Gasteiger partial charge < -0.3 is 19.6 Å². The van der Waals surface area contributed by atoms with Crippen LogP contribution in [-0.2, 0) is 10.2 Å². The molecule has 140 valence electrons. The van der Waals surface area contributed by atoms with Gasteiger partial charge in [-0.1, -0.05) is 45.0 Å². The van der Waals surface area contributed by atoms with Gasteiger partial charge in [0.2, 0.25) is 0 Å². The van der Waals surface area contributed by atoms with Gasteiger partial charge in [0.1, 0.15) is 5.76 Å². The summed E-state index contributed by atoms with van der Waals surface area (Å²) < 4.78 is 11.0. The molecule has 1 aliphatic heterocycles. The number of carbonyl (C=O) groups is 1. The zero-order valence-corrected chi connectivity index (χ0v) is 15.7. The molecule has 5 nitrogen and oxygen atoms in total. The van der Waals surface area contributed by atoms with Crippen LogP contribution >= 0.6 is 0 Å². The Morgan fingerprint density at radius 3 is 2.38 bits per heavy atom. The molecule has 0 spiro atoms. The van der Waals surface area contributed by atoms with Crippen molar-refractivity contribution in [2.75, 3.05) is 19.8 Å². The lowest BCUT2D eigenvalue weighted by atomic mass is 9.86. The Bertz CT molecular complexity index is 749. The smallest absolute Gasteiger partial charge is 0.287 e. The van der Waals surface area contributed by atoms with Crippen LogP contribution < -0.4 is 5.32 Å². The maximum absolute atomic E-state index is 12.3. The first kappa shape index (κ1) is 18.7. The number of aliphatic hydroxyl groups is 1. The first-order valence-corrected chi connectivity index (χ1v) is 9.06. The van der Waals surface area contributed by atoms with Gasteiger partial charge in [-0.3, -0.25) is 4.79 Å². The van der Waals surface area contributed by atoms with Crippen LogP contribution in [0.25, 0.3) is 11.3 Å². The van der Waals surface area contributed by atoms with Crippen LogP contribution in [0.2, 0.25) is 0 Å². The molecule has 0 radical (unpaired) electrons. The summed E-state index contributed by atoms with van der Waals surface area (Å²) in [6.07, 6.45) is 1.05. The molecule has 1 aromatic heterocycles. The van der Waals surface area contributed by atoms with Gasteiger partial charge in [-0.15, -0.1) is 0 Å². The van der Waals surface area contributed by atoms with E-state index in [0.29, 0.717) is 31.8 Å². The van der Waals surface area contributed by atoms with E-state index >= 15 is 0 Å². The maximum Gasteiger partial charge on any atom is 0.287 e. The summed E-state index contributed by atoms with van der Waals surface area (Å²) in [6, 6.07) is 11.6. The van der Waals surface area contributed by atoms with Crippen molar-refractivity contribution in [2.45, 2.75) is 44.6 Å². The molecule has 1 aromatic carbocycles. The summed E-state index contributed by atoms with van der Waals surface area (Å²) in [5.74, 6) is 0.582. The second kappa shape index (κ2) is 7.25. The van der Waals surface area contributed by atoms with Gasteiger partial charge in [-0.05, 0) is 23.1 Å². The van der Waals surface area contributed by atoms with E-state index in [1.165, 1.54) is 5.56 Å². The minimum absolute atomic E-state index is 0.0944. The molecule has 5 heteroatoms. The van der Waals surface area contributed by atoms with Crippen LogP contribution in [0.15, 0.2) is 40.8 Å². The van der Waals surface area contributed by atoms with Crippen molar-refractivity contribution < 1.29 is 19.1 Å². The Labute approximate surface area is 154 Å². The standard InChI is InChI=1S/C21H27NO4/c1-20(2,3)16-6-4-15(5-7-16)17-8-9-18(26-17)19(23)22-14-21(24)10-12-25-13-11-21/h4-9,24H,10-14H2,1-3H3,(H,22,23). The highest BCUT2D eigenvalue weighted by atomic mass is 16.5. The molecule has 0 atom stereocenters. The van der Waals surface area contributed by atoms with Gasteiger partial charge in [0, 0.05) is 38.2 Å². The molecular weight excluding hydrogens is 330 g/mol. The van der Waals surface area contributed by atoms with Crippen molar-refractivity contribution >= 4 is 5.91 Å². The third-order valence-electron chi connectivity index (χ3n) is 4.87. The largest absolute Gasteiger partial charge is 0.451 e. The molecule has 0 saturated carbocycles. The number of hydrogen-bond donors (Lipinski definition) is 2. The monoisotopic (exact) mass is 357 g/mol. The number of furan rings is 1. The quantitative estimate of drug-likeness (QED) is 0.878. The molecule has 2 heterocycles. The molecule has 2 aromatic rings. The lowest BCUT2D eigenvalue weighted by molar-refractivity contribution is -0.0605. The number of nitrogens with one attached hydrogen (secondary N) is 1. The van der Waals surface area contributed by atoms with Crippen molar-refractivity contribution in [3.05, 3.63) is 47.7 Å².